The summed E-state index contributed by atoms with van der Waals surface area (Å²) in [5.41, 5.74) is 2.07. The molecule has 4 rings (SSSR count). The van der Waals surface area contributed by atoms with E-state index in [2.05, 4.69) is 25.6 Å². The molecule has 2 N–H and O–H groups in total. The van der Waals surface area contributed by atoms with Gasteiger partial charge in [0.1, 0.15) is 0 Å². The van der Waals surface area contributed by atoms with Gasteiger partial charge in [-0.05, 0) is 31.0 Å². The molecular weight excluding hydrogens is 467 g/mol. The van der Waals surface area contributed by atoms with Crippen molar-refractivity contribution in [3.05, 3.63) is 48.3 Å². The highest BCUT2D eigenvalue weighted by Crippen LogP contribution is 2.35. The van der Waals surface area contributed by atoms with E-state index >= 15 is 0 Å². The zero-order valence-electron chi connectivity index (χ0n) is 16.1. The molecule has 1 unspecified atom stereocenters. The molecule has 1 aromatic heterocycles. The van der Waals surface area contributed by atoms with Gasteiger partial charge < -0.3 is 15.5 Å². The number of carbonyl (C=O) groups excluding carboxylic acids is 1. The molecule has 1 amide bonds. The Balaban J connectivity index is 0.00000225. The van der Waals surface area contributed by atoms with Gasteiger partial charge in [0.05, 0.1) is 17.9 Å². The van der Waals surface area contributed by atoms with Crippen molar-refractivity contribution in [2.45, 2.75) is 25.8 Å². The predicted molar refractivity (Wildman–Crippen MR) is 120 cm³/mol. The van der Waals surface area contributed by atoms with Crippen LogP contribution in [0.5, 0.6) is 0 Å². The Labute approximate surface area is 182 Å². The normalized spacial score (nSPS) is 22.1. The minimum absolute atomic E-state index is 0. The highest BCUT2D eigenvalue weighted by molar-refractivity contribution is 14.0. The van der Waals surface area contributed by atoms with Crippen LogP contribution >= 0.6 is 24.0 Å². The summed E-state index contributed by atoms with van der Waals surface area (Å²) in [5, 5.41) is 11.1. The van der Waals surface area contributed by atoms with Gasteiger partial charge >= 0.3 is 0 Å². The van der Waals surface area contributed by atoms with Crippen molar-refractivity contribution in [1.29, 1.82) is 0 Å². The van der Waals surface area contributed by atoms with Gasteiger partial charge in [0.25, 0.3) is 0 Å². The second-order valence-corrected chi connectivity index (χ2v) is 7.47. The van der Waals surface area contributed by atoms with E-state index in [1.807, 2.05) is 54.3 Å². The highest BCUT2D eigenvalue weighted by Gasteiger charge is 2.42. The number of guanidine groups is 1. The Morgan fingerprint density at radius 3 is 2.86 bits per heavy atom. The van der Waals surface area contributed by atoms with E-state index < -0.39 is 0 Å². The summed E-state index contributed by atoms with van der Waals surface area (Å²) in [7, 11) is 1.81. The van der Waals surface area contributed by atoms with Gasteiger partial charge in [-0.2, -0.15) is 5.10 Å². The standard InChI is InChI=1S/C20H26N6O.HI/c1-21-19(25-10-5-9-20(15-25)12-18(27)23-14-20)22-13-16-8-11-26(24-16)17-6-3-2-4-7-17;/h2-4,6-8,11H,5,9-10,12-15H2,1H3,(H,21,22)(H,23,27);1H. The molecule has 2 fully saturated rings. The Morgan fingerprint density at radius 2 is 2.14 bits per heavy atom. The third-order valence-corrected chi connectivity index (χ3v) is 5.46. The quantitative estimate of drug-likeness (QED) is 0.390. The minimum atomic E-state index is 0. The van der Waals surface area contributed by atoms with E-state index in [9.17, 15) is 4.79 Å². The van der Waals surface area contributed by atoms with E-state index in [4.69, 9.17) is 0 Å². The van der Waals surface area contributed by atoms with Crippen LogP contribution < -0.4 is 10.6 Å². The zero-order valence-corrected chi connectivity index (χ0v) is 18.4. The van der Waals surface area contributed by atoms with Gasteiger partial charge in [-0.3, -0.25) is 9.79 Å². The third kappa shape index (κ3) is 4.48. The number of hydrogen-bond donors (Lipinski definition) is 2. The number of para-hydroxylation sites is 1. The first-order chi connectivity index (χ1) is 13.2. The molecule has 0 radical (unpaired) electrons. The fourth-order valence-corrected chi connectivity index (χ4v) is 4.11. The SMILES string of the molecule is CN=C(NCc1ccn(-c2ccccc2)n1)N1CCCC2(CNC(=O)C2)C1.I. The van der Waals surface area contributed by atoms with Crippen LogP contribution in [0.1, 0.15) is 25.0 Å². The van der Waals surface area contributed by atoms with Gasteiger partial charge in [0.2, 0.25) is 5.91 Å². The monoisotopic (exact) mass is 494 g/mol. The van der Waals surface area contributed by atoms with E-state index in [0.29, 0.717) is 13.0 Å². The Kier molecular flexibility index (Phi) is 6.58. The van der Waals surface area contributed by atoms with E-state index in [1.54, 1.807) is 0 Å². The first-order valence-corrected chi connectivity index (χ1v) is 9.50. The topological polar surface area (TPSA) is 74.6 Å². The van der Waals surface area contributed by atoms with Crippen LogP contribution in [0.2, 0.25) is 0 Å². The number of aliphatic imine (C=N–C) groups is 1. The van der Waals surface area contributed by atoms with Crippen LogP contribution in [0.25, 0.3) is 5.69 Å². The summed E-state index contributed by atoms with van der Waals surface area (Å²) in [5.74, 6) is 1.05. The molecule has 1 spiro atoms. The predicted octanol–water partition coefficient (Wildman–Crippen LogP) is 2.17. The summed E-state index contributed by atoms with van der Waals surface area (Å²) in [6, 6.07) is 12.1. The molecule has 7 nitrogen and oxygen atoms in total. The lowest BCUT2D eigenvalue weighted by atomic mass is 9.79. The van der Waals surface area contributed by atoms with Gasteiger partial charge in [0, 0.05) is 44.7 Å². The zero-order chi connectivity index (χ0) is 18.7. The van der Waals surface area contributed by atoms with Crippen molar-refractivity contribution in [3.8, 4) is 5.69 Å². The number of piperidine rings is 1. The van der Waals surface area contributed by atoms with Crippen LogP contribution in [-0.2, 0) is 11.3 Å². The average Bonchev–Trinajstić information content (AvgIpc) is 3.30. The number of likely N-dealkylation sites (tertiary alicyclic amines) is 1. The van der Waals surface area contributed by atoms with Crippen LogP contribution in [0.3, 0.4) is 0 Å². The van der Waals surface area contributed by atoms with Gasteiger partial charge in [-0.15, -0.1) is 24.0 Å². The van der Waals surface area contributed by atoms with Crippen LogP contribution in [0.15, 0.2) is 47.6 Å². The first-order valence-electron chi connectivity index (χ1n) is 9.50. The van der Waals surface area contributed by atoms with Crippen molar-refractivity contribution in [1.82, 2.24) is 25.3 Å². The van der Waals surface area contributed by atoms with Crippen LogP contribution in [0.4, 0.5) is 0 Å². The number of benzene rings is 1. The smallest absolute Gasteiger partial charge is 0.220 e. The molecule has 1 aromatic carbocycles. The largest absolute Gasteiger partial charge is 0.355 e. The highest BCUT2D eigenvalue weighted by atomic mass is 127. The number of hydrogen-bond acceptors (Lipinski definition) is 3. The number of nitrogens with zero attached hydrogens (tertiary/aromatic N) is 4. The number of rotatable bonds is 3. The van der Waals surface area contributed by atoms with Crippen LogP contribution in [-0.4, -0.2) is 53.2 Å². The average molecular weight is 494 g/mol. The van der Waals surface area contributed by atoms with Gasteiger partial charge in [0.15, 0.2) is 5.96 Å². The maximum atomic E-state index is 11.7. The summed E-state index contributed by atoms with van der Waals surface area (Å²) < 4.78 is 1.88. The molecule has 2 aliphatic rings. The second-order valence-electron chi connectivity index (χ2n) is 7.47. The lowest BCUT2D eigenvalue weighted by Crippen LogP contribution is -2.51. The Hall–Kier alpha value is -2.10. The second kappa shape index (κ2) is 8.93. The molecular formula is C20H27IN6O. The molecule has 8 heteroatoms. The molecule has 2 saturated heterocycles. The molecule has 1 atom stereocenters. The molecule has 150 valence electrons. The maximum Gasteiger partial charge on any atom is 0.220 e. The lowest BCUT2D eigenvalue weighted by molar-refractivity contribution is -0.119. The van der Waals surface area contributed by atoms with Crippen LogP contribution in [0, 0.1) is 5.41 Å². The Bertz CT molecular complexity index is 836. The first kappa shape index (κ1) is 20.6. The molecule has 28 heavy (non-hydrogen) atoms. The number of aromatic nitrogens is 2. The number of halogens is 1. The van der Waals surface area contributed by atoms with Crippen molar-refractivity contribution >= 4 is 35.8 Å². The number of nitrogens with one attached hydrogen (secondary N) is 2. The summed E-state index contributed by atoms with van der Waals surface area (Å²) in [6.45, 7) is 3.23. The van der Waals surface area contributed by atoms with E-state index in [1.165, 1.54) is 0 Å². The minimum Gasteiger partial charge on any atom is -0.355 e. The van der Waals surface area contributed by atoms with Crippen molar-refractivity contribution in [3.63, 3.8) is 0 Å². The lowest BCUT2D eigenvalue weighted by Gasteiger charge is -2.40. The van der Waals surface area contributed by atoms with Gasteiger partial charge in [-0.25, -0.2) is 4.68 Å². The summed E-state index contributed by atoms with van der Waals surface area (Å²) in [4.78, 5) is 18.4. The molecule has 3 heterocycles. The fourth-order valence-electron chi connectivity index (χ4n) is 4.11. The summed E-state index contributed by atoms with van der Waals surface area (Å²) in [6.07, 6.45) is 4.78. The molecule has 0 bridgehead atoms. The summed E-state index contributed by atoms with van der Waals surface area (Å²) >= 11 is 0. The number of carbonyl (C=O) groups is 1. The van der Waals surface area contributed by atoms with Crippen molar-refractivity contribution in [2.24, 2.45) is 10.4 Å². The fraction of sp³-hybridized carbons (Fsp3) is 0.450. The maximum absolute atomic E-state index is 11.7. The number of amides is 1. The van der Waals surface area contributed by atoms with Crippen molar-refractivity contribution in [2.75, 3.05) is 26.7 Å². The molecule has 0 aliphatic carbocycles. The van der Waals surface area contributed by atoms with E-state index in [0.717, 1.165) is 49.8 Å². The third-order valence-electron chi connectivity index (χ3n) is 5.46. The van der Waals surface area contributed by atoms with Gasteiger partial charge in [-0.1, -0.05) is 18.2 Å². The van der Waals surface area contributed by atoms with E-state index in [-0.39, 0.29) is 35.3 Å². The molecule has 2 aliphatic heterocycles. The molecule has 0 saturated carbocycles. The molecule has 2 aromatic rings. The van der Waals surface area contributed by atoms with Crippen molar-refractivity contribution < 1.29 is 4.79 Å². The Morgan fingerprint density at radius 1 is 1.32 bits per heavy atom.